The Hall–Kier alpha value is -2.74. The molecule has 0 saturated heterocycles. The van der Waals surface area contributed by atoms with E-state index in [0.29, 0.717) is 0 Å². The molecule has 4 aromatic rings. The molecule has 0 aliphatic heterocycles. The van der Waals surface area contributed by atoms with Gasteiger partial charge in [0, 0.05) is 37.7 Å². The van der Waals surface area contributed by atoms with E-state index in [1.54, 1.807) is 0 Å². The third-order valence-electron chi connectivity index (χ3n) is 4.01. The molecule has 4 rings (SSSR count). The maximum atomic E-state index is 4.45. The van der Waals surface area contributed by atoms with Gasteiger partial charge < -0.3 is 17.3 Å². The van der Waals surface area contributed by atoms with Gasteiger partial charge in [0.2, 0.25) is 0 Å². The van der Waals surface area contributed by atoms with Crippen LogP contribution >= 0.6 is 0 Å². The summed E-state index contributed by atoms with van der Waals surface area (Å²) in [5.74, 6) is 0. The Balaban J connectivity index is 0.00000131. The first-order valence-electron chi connectivity index (χ1n) is 8.25. The summed E-state index contributed by atoms with van der Waals surface area (Å²) in [7, 11) is 0. The first-order valence-corrected chi connectivity index (χ1v) is 8.25. The van der Waals surface area contributed by atoms with E-state index in [4.69, 9.17) is 0 Å². The van der Waals surface area contributed by atoms with Crippen LogP contribution in [0.1, 0.15) is 0 Å². The van der Waals surface area contributed by atoms with Crippen molar-refractivity contribution >= 4 is 17.1 Å². The fourth-order valence-corrected chi connectivity index (χ4v) is 2.86. The van der Waals surface area contributed by atoms with Gasteiger partial charge in [-0.2, -0.15) is 0 Å². The molecule has 0 atom stereocenters. The number of hydrogen-bond donors (Lipinski definition) is 0. The number of anilines is 3. The predicted molar refractivity (Wildman–Crippen MR) is 110 cm³/mol. The molecule has 1 aromatic heterocycles. The molecule has 3 aromatic carbocycles. The van der Waals surface area contributed by atoms with Crippen molar-refractivity contribution in [1.29, 1.82) is 0 Å². The van der Waals surface area contributed by atoms with Crippen LogP contribution in [0.15, 0.2) is 103 Å². The van der Waals surface area contributed by atoms with E-state index in [1.165, 1.54) is 0 Å². The van der Waals surface area contributed by atoms with Gasteiger partial charge in [-0.05, 0) is 41.7 Å². The van der Waals surface area contributed by atoms with Crippen molar-refractivity contribution in [1.82, 2.24) is 4.98 Å². The van der Waals surface area contributed by atoms with E-state index < -0.39 is 0 Å². The summed E-state index contributed by atoms with van der Waals surface area (Å²) < 4.78 is 0. The van der Waals surface area contributed by atoms with Crippen LogP contribution in [0.3, 0.4) is 0 Å². The van der Waals surface area contributed by atoms with Crippen LogP contribution in [-0.4, -0.2) is 4.98 Å². The van der Waals surface area contributed by atoms with Gasteiger partial charge >= 0.3 is 0 Å². The van der Waals surface area contributed by atoms with Crippen LogP contribution in [0.25, 0.3) is 11.3 Å². The average molecular weight is 529 g/mol. The third kappa shape index (κ3) is 4.71. The van der Waals surface area contributed by atoms with Crippen molar-refractivity contribution in [2.75, 3.05) is 4.90 Å². The zero-order valence-corrected chi connectivity index (χ0v) is 17.4. The first kappa shape index (κ1) is 20.6. The summed E-state index contributed by atoms with van der Waals surface area (Å²) in [5.41, 5.74) is 5.22. The first-order chi connectivity index (χ1) is 12.4. The van der Waals surface area contributed by atoms with E-state index >= 15 is 0 Å². The van der Waals surface area contributed by atoms with Crippen LogP contribution in [0.2, 0.25) is 0 Å². The molecule has 0 fully saturated rings. The molecule has 0 unspecified atom stereocenters. The Morgan fingerprint density at radius 2 is 1.26 bits per heavy atom. The Labute approximate surface area is 174 Å². The summed E-state index contributed by atoms with van der Waals surface area (Å²) in [4.78, 5) is 6.68. The van der Waals surface area contributed by atoms with E-state index in [0.717, 1.165) is 28.3 Å². The summed E-state index contributed by atoms with van der Waals surface area (Å²) >= 11 is 0. The molecule has 1 heterocycles. The average Bonchev–Trinajstić information content (AvgIpc) is 2.71. The second-order valence-electron chi connectivity index (χ2n) is 5.68. The van der Waals surface area contributed by atoms with Crippen LogP contribution in [0, 0.1) is 13.5 Å². The van der Waals surface area contributed by atoms with Crippen LogP contribution in [0.4, 0.5) is 17.1 Å². The molecule has 0 aliphatic carbocycles. The minimum absolute atomic E-state index is 0. The normalized spacial score (nSPS) is 9.63. The van der Waals surface area contributed by atoms with Crippen LogP contribution in [0.5, 0.6) is 0 Å². The number of rotatable bonds is 4. The number of benzene rings is 3. The second kappa shape index (κ2) is 9.82. The molecule has 0 spiro atoms. The van der Waals surface area contributed by atoms with Crippen molar-refractivity contribution in [3.63, 3.8) is 0 Å². The van der Waals surface area contributed by atoms with Crippen LogP contribution in [-0.2, 0) is 20.1 Å². The summed E-state index contributed by atoms with van der Waals surface area (Å²) in [5, 5.41) is 0. The minimum Gasteiger partial charge on any atom is -0.358 e. The fraction of sp³-hybridized carbons (Fsp3) is 0. The van der Waals surface area contributed by atoms with Crippen molar-refractivity contribution in [3.8, 4) is 11.3 Å². The van der Waals surface area contributed by atoms with Crippen molar-refractivity contribution in [2.45, 2.75) is 0 Å². The molecular formula is C24H20IrN2-2. The second-order valence-corrected chi connectivity index (χ2v) is 5.68. The van der Waals surface area contributed by atoms with Gasteiger partial charge in [0.25, 0.3) is 0 Å². The zero-order chi connectivity index (χ0) is 16.9. The van der Waals surface area contributed by atoms with Gasteiger partial charge in [0.1, 0.15) is 0 Å². The number of para-hydroxylation sites is 2. The summed E-state index contributed by atoms with van der Waals surface area (Å²) in [6.07, 6.45) is 1.81. The quantitative estimate of drug-likeness (QED) is 0.283. The molecule has 3 heteroatoms. The van der Waals surface area contributed by atoms with Gasteiger partial charge in [-0.3, -0.25) is 0 Å². The monoisotopic (exact) mass is 529 g/mol. The molecule has 0 N–H and O–H groups in total. The minimum atomic E-state index is 0. The summed E-state index contributed by atoms with van der Waals surface area (Å²) in [6.45, 7) is 0. The molecular weight excluding hydrogens is 508 g/mol. The van der Waals surface area contributed by atoms with Gasteiger partial charge in [-0.1, -0.05) is 48.5 Å². The Kier molecular flexibility index (Phi) is 7.48. The maximum Gasteiger partial charge on any atom is 0.0443 e. The van der Waals surface area contributed by atoms with E-state index in [1.807, 2.05) is 42.6 Å². The SMILES string of the molecule is [CH3-].[Ir].[c-]1ccc(N(c2ccccc2)c2ccccc2)cc1-c1ccccn1. The largest absolute Gasteiger partial charge is 0.358 e. The molecule has 137 valence electrons. The number of pyridine rings is 1. The molecule has 0 amide bonds. The Morgan fingerprint density at radius 1 is 0.667 bits per heavy atom. The topological polar surface area (TPSA) is 16.1 Å². The van der Waals surface area contributed by atoms with E-state index in [-0.39, 0.29) is 27.5 Å². The molecule has 1 radical (unpaired) electrons. The maximum absolute atomic E-state index is 4.45. The molecule has 0 bridgehead atoms. The number of aromatic nitrogens is 1. The molecule has 0 aliphatic rings. The third-order valence-corrected chi connectivity index (χ3v) is 4.01. The molecule has 2 nitrogen and oxygen atoms in total. The standard InChI is InChI=1S/C23H17N2.CH3.Ir/c1-3-11-20(12-4-1)25(21-13-5-2-6-14-21)22-15-9-10-19(18-22)23-16-7-8-17-24-23;;/h1-9,11-18H;1H3;/q2*-1;. The van der Waals surface area contributed by atoms with Gasteiger partial charge in [-0.15, -0.1) is 29.8 Å². The van der Waals surface area contributed by atoms with E-state index in [2.05, 4.69) is 76.6 Å². The van der Waals surface area contributed by atoms with Crippen LogP contribution < -0.4 is 4.90 Å². The number of hydrogen-bond acceptors (Lipinski definition) is 2. The zero-order valence-electron chi connectivity index (χ0n) is 15.0. The Bertz CT molecular complexity index is 902. The number of nitrogens with zero attached hydrogens (tertiary/aromatic N) is 2. The van der Waals surface area contributed by atoms with E-state index in [9.17, 15) is 0 Å². The van der Waals surface area contributed by atoms with Crippen molar-refractivity contribution in [3.05, 3.63) is 117 Å². The van der Waals surface area contributed by atoms with Crippen molar-refractivity contribution in [2.24, 2.45) is 0 Å². The Morgan fingerprint density at radius 3 is 1.81 bits per heavy atom. The van der Waals surface area contributed by atoms with Gasteiger partial charge in [0.15, 0.2) is 0 Å². The predicted octanol–water partition coefficient (Wildman–Crippen LogP) is 6.47. The molecule has 0 saturated carbocycles. The fourth-order valence-electron chi connectivity index (χ4n) is 2.86. The molecule has 27 heavy (non-hydrogen) atoms. The summed E-state index contributed by atoms with van der Waals surface area (Å²) in [6, 6.07) is 36.1. The smallest absolute Gasteiger partial charge is 0.0443 e. The van der Waals surface area contributed by atoms with Crippen molar-refractivity contribution < 1.29 is 20.1 Å². The van der Waals surface area contributed by atoms with Gasteiger partial charge in [-0.25, -0.2) is 0 Å². The van der Waals surface area contributed by atoms with Gasteiger partial charge in [0.05, 0.1) is 0 Å².